The van der Waals surface area contributed by atoms with Crippen LogP contribution in [-0.4, -0.2) is 38.3 Å². The second-order valence-corrected chi connectivity index (χ2v) is 7.55. The van der Waals surface area contributed by atoms with Crippen molar-refractivity contribution in [2.45, 2.75) is 18.2 Å². The van der Waals surface area contributed by atoms with Gasteiger partial charge in [-0.2, -0.15) is 4.31 Å². The van der Waals surface area contributed by atoms with Gasteiger partial charge in [0.05, 0.1) is 10.8 Å². The minimum Gasteiger partial charge on any atom is -0.356 e. The van der Waals surface area contributed by atoms with Crippen molar-refractivity contribution in [3.63, 3.8) is 0 Å². The van der Waals surface area contributed by atoms with Gasteiger partial charge in [-0.1, -0.05) is 15.9 Å². The number of halogens is 1. The van der Waals surface area contributed by atoms with E-state index in [2.05, 4.69) is 21.2 Å². The molecule has 1 aliphatic heterocycles. The molecule has 1 saturated heterocycles. The van der Waals surface area contributed by atoms with Crippen LogP contribution in [0.5, 0.6) is 0 Å². The summed E-state index contributed by atoms with van der Waals surface area (Å²) in [6.07, 6.45) is 0.571. The van der Waals surface area contributed by atoms with Crippen LogP contribution in [0.3, 0.4) is 0 Å². The molecule has 1 aromatic rings. The number of hydrogen-bond donors (Lipinski definition) is 1. The zero-order chi connectivity index (χ0) is 14.8. The van der Waals surface area contributed by atoms with Crippen molar-refractivity contribution in [3.05, 3.63) is 28.7 Å². The van der Waals surface area contributed by atoms with Gasteiger partial charge in [-0.15, -0.1) is 0 Å². The lowest BCUT2D eigenvalue weighted by Crippen LogP contribution is -2.34. The van der Waals surface area contributed by atoms with Crippen LogP contribution in [0.1, 0.15) is 13.3 Å². The van der Waals surface area contributed by atoms with E-state index in [9.17, 15) is 13.2 Å². The topological polar surface area (TPSA) is 66.5 Å². The number of nitrogens with one attached hydrogen (secondary N) is 1. The van der Waals surface area contributed by atoms with Gasteiger partial charge < -0.3 is 5.32 Å². The molecule has 0 aliphatic carbocycles. The van der Waals surface area contributed by atoms with Gasteiger partial charge in [-0.3, -0.25) is 4.79 Å². The minimum absolute atomic E-state index is 0.0685. The van der Waals surface area contributed by atoms with Crippen molar-refractivity contribution in [1.29, 1.82) is 0 Å². The van der Waals surface area contributed by atoms with Crippen molar-refractivity contribution < 1.29 is 13.2 Å². The number of hydrogen-bond acceptors (Lipinski definition) is 3. The largest absolute Gasteiger partial charge is 0.356 e. The van der Waals surface area contributed by atoms with E-state index in [1.807, 2.05) is 6.92 Å². The summed E-state index contributed by atoms with van der Waals surface area (Å²) in [4.78, 5) is 12.0. The standard InChI is InChI=1S/C13H17BrN2O3S/c1-2-15-13(17)10-7-8-16(9-10)20(18,19)12-5-3-11(14)4-6-12/h3-6,10H,2,7-9H2,1H3,(H,15,17). The third-order valence-electron chi connectivity index (χ3n) is 3.32. The first-order valence-corrected chi connectivity index (χ1v) is 8.72. The van der Waals surface area contributed by atoms with E-state index in [0.29, 0.717) is 19.5 Å². The first kappa shape index (κ1) is 15.5. The Kier molecular flexibility index (Phi) is 4.82. The van der Waals surface area contributed by atoms with Crippen LogP contribution in [0.25, 0.3) is 0 Å². The highest BCUT2D eigenvalue weighted by Gasteiger charge is 2.35. The molecule has 20 heavy (non-hydrogen) atoms. The summed E-state index contributed by atoms with van der Waals surface area (Å²) < 4.78 is 27.1. The molecule has 0 spiro atoms. The van der Waals surface area contributed by atoms with E-state index in [1.54, 1.807) is 24.3 Å². The number of amides is 1. The second kappa shape index (κ2) is 6.24. The Morgan fingerprint density at radius 1 is 1.40 bits per heavy atom. The zero-order valence-electron chi connectivity index (χ0n) is 11.2. The van der Waals surface area contributed by atoms with Crippen molar-refractivity contribution in [2.75, 3.05) is 19.6 Å². The molecule has 1 heterocycles. The van der Waals surface area contributed by atoms with Crippen molar-refractivity contribution in [1.82, 2.24) is 9.62 Å². The van der Waals surface area contributed by atoms with E-state index in [-0.39, 0.29) is 23.3 Å². The SMILES string of the molecule is CCNC(=O)C1CCN(S(=O)(=O)c2ccc(Br)cc2)C1. The maximum atomic E-state index is 12.5. The molecule has 1 fully saturated rings. The van der Waals surface area contributed by atoms with E-state index in [1.165, 1.54) is 4.31 Å². The highest BCUT2D eigenvalue weighted by Crippen LogP contribution is 2.25. The minimum atomic E-state index is -3.50. The Bertz CT molecular complexity index is 586. The lowest BCUT2D eigenvalue weighted by Gasteiger charge is -2.16. The molecule has 1 amide bonds. The maximum absolute atomic E-state index is 12.5. The average Bonchev–Trinajstić information content (AvgIpc) is 2.90. The molecule has 2 rings (SSSR count). The van der Waals surface area contributed by atoms with Gasteiger partial charge in [0.2, 0.25) is 15.9 Å². The molecule has 1 aliphatic rings. The third-order valence-corrected chi connectivity index (χ3v) is 5.73. The van der Waals surface area contributed by atoms with Gasteiger partial charge in [0.25, 0.3) is 0 Å². The van der Waals surface area contributed by atoms with Crippen LogP contribution in [0.2, 0.25) is 0 Å². The summed E-state index contributed by atoms with van der Waals surface area (Å²) in [5.41, 5.74) is 0. The molecule has 0 radical (unpaired) electrons. The van der Waals surface area contributed by atoms with Gasteiger partial charge in [0, 0.05) is 24.1 Å². The molecule has 110 valence electrons. The summed E-state index contributed by atoms with van der Waals surface area (Å²) in [6.45, 7) is 3.06. The van der Waals surface area contributed by atoms with Crippen molar-refractivity contribution in [3.8, 4) is 0 Å². The Morgan fingerprint density at radius 3 is 2.65 bits per heavy atom. The number of carbonyl (C=O) groups excluding carboxylic acids is 1. The summed E-state index contributed by atoms with van der Waals surface area (Å²) in [5, 5.41) is 2.74. The van der Waals surface area contributed by atoms with E-state index < -0.39 is 10.0 Å². The van der Waals surface area contributed by atoms with Crippen LogP contribution in [0.4, 0.5) is 0 Å². The summed E-state index contributed by atoms with van der Waals surface area (Å²) in [7, 11) is -3.50. The molecule has 0 aromatic heterocycles. The zero-order valence-corrected chi connectivity index (χ0v) is 13.6. The molecule has 0 bridgehead atoms. The molecule has 5 nitrogen and oxygen atoms in total. The molecular formula is C13H17BrN2O3S. The van der Waals surface area contributed by atoms with Crippen LogP contribution in [-0.2, 0) is 14.8 Å². The van der Waals surface area contributed by atoms with Crippen molar-refractivity contribution in [2.24, 2.45) is 5.92 Å². The molecule has 1 atom stereocenters. The summed E-state index contributed by atoms with van der Waals surface area (Å²) >= 11 is 3.28. The highest BCUT2D eigenvalue weighted by molar-refractivity contribution is 9.10. The van der Waals surface area contributed by atoms with Gasteiger partial charge in [0.1, 0.15) is 0 Å². The quantitative estimate of drug-likeness (QED) is 0.886. The van der Waals surface area contributed by atoms with Crippen LogP contribution in [0.15, 0.2) is 33.6 Å². The fraction of sp³-hybridized carbons (Fsp3) is 0.462. The van der Waals surface area contributed by atoms with E-state index >= 15 is 0 Å². The molecule has 1 aromatic carbocycles. The Morgan fingerprint density at radius 2 is 2.05 bits per heavy atom. The van der Waals surface area contributed by atoms with Gasteiger partial charge in [-0.25, -0.2) is 8.42 Å². The first-order valence-electron chi connectivity index (χ1n) is 6.48. The van der Waals surface area contributed by atoms with Crippen LogP contribution >= 0.6 is 15.9 Å². The van der Waals surface area contributed by atoms with Gasteiger partial charge in [-0.05, 0) is 37.6 Å². The van der Waals surface area contributed by atoms with Crippen LogP contribution in [0, 0.1) is 5.92 Å². The molecule has 7 heteroatoms. The Balaban J connectivity index is 2.12. The molecule has 1 N–H and O–H groups in total. The van der Waals surface area contributed by atoms with E-state index in [0.717, 1.165) is 4.47 Å². The number of carbonyl (C=O) groups is 1. The fourth-order valence-electron chi connectivity index (χ4n) is 2.23. The highest BCUT2D eigenvalue weighted by atomic mass is 79.9. The summed E-state index contributed by atoms with van der Waals surface area (Å²) in [5.74, 6) is -0.318. The monoisotopic (exact) mass is 360 g/mol. The Hall–Kier alpha value is -0.920. The number of nitrogens with zero attached hydrogens (tertiary/aromatic N) is 1. The predicted octanol–water partition coefficient (Wildman–Crippen LogP) is 1.60. The lowest BCUT2D eigenvalue weighted by atomic mass is 10.1. The Labute approximate surface area is 127 Å². The maximum Gasteiger partial charge on any atom is 0.243 e. The summed E-state index contributed by atoms with van der Waals surface area (Å²) in [6, 6.07) is 6.53. The lowest BCUT2D eigenvalue weighted by molar-refractivity contribution is -0.124. The fourth-order valence-corrected chi connectivity index (χ4v) is 4.00. The molecule has 0 saturated carbocycles. The van der Waals surface area contributed by atoms with Crippen molar-refractivity contribution >= 4 is 31.9 Å². The normalized spacial score (nSPS) is 20.0. The number of benzene rings is 1. The molecule has 1 unspecified atom stereocenters. The first-order chi connectivity index (χ1) is 9.45. The average molecular weight is 361 g/mol. The number of rotatable bonds is 4. The van der Waals surface area contributed by atoms with Gasteiger partial charge >= 0.3 is 0 Å². The second-order valence-electron chi connectivity index (χ2n) is 4.70. The predicted molar refractivity (Wildman–Crippen MR) is 79.7 cm³/mol. The van der Waals surface area contributed by atoms with Gasteiger partial charge in [0.15, 0.2) is 0 Å². The molecular weight excluding hydrogens is 344 g/mol. The number of sulfonamides is 1. The smallest absolute Gasteiger partial charge is 0.243 e. The van der Waals surface area contributed by atoms with Crippen LogP contribution < -0.4 is 5.32 Å². The van der Waals surface area contributed by atoms with E-state index in [4.69, 9.17) is 0 Å². The third kappa shape index (κ3) is 3.21.